The number of rotatable bonds is 6. The Morgan fingerprint density at radius 1 is 1.23 bits per heavy atom. The first-order valence-electron chi connectivity index (χ1n) is 9.53. The number of ether oxygens (including phenoxy) is 1. The maximum absolute atomic E-state index is 11.9. The van der Waals surface area contributed by atoms with Crippen molar-refractivity contribution in [2.75, 3.05) is 6.61 Å². The summed E-state index contributed by atoms with van der Waals surface area (Å²) in [5.74, 6) is 5.03. The molecule has 1 N–H and O–H groups in total. The molecule has 8 heteroatoms. The zero-order valence-electron chi connectivity index (χ0n) is 16.2. The number of amides is 1. The normalized spacial score (nSPS) is 15.8. The van der Waals surface area contributed by atoms with Crippen molar-refractivity contribution in [1.29, 1.82) is 0 Å². The predicted octanol–water partition coefficient (Wildman–Crippen LogP) is 3.14. The second kappa shape index (κ2) is 10.7. The van der Waals surface area contributed by atoms with Crippen LogP contribution in [0.15, 0.2) is 53.7 Å². The van der Waals surface area contributed by atoms with E-state index in [1.165, 1.54) is 12.1 Å². The zero-order chi connectivity index (χ0) is 21.2. The van der Waals surface area contributed by atoms with E-state index in [2.05, 4.69) is 22.3 Å². The average Bonchev–Trinajstić information content (AvgIpc) is 2.77. The first kappa shape index (κ1) is 21.0. The van der Waals surface area contributed by atoms with Gasteiger partial charge in [-0.15, -0.1) is 0 Å². The van der Waals surface area contributed by atoms with Crippen molar-refractivity contribution >= 4 is 17.8 Å². The Labute approximate surface area is 174 Å². The standard InChI is InChI=1S/C22H21N3O5/c26-21(24-22-3-1-2-14-29-22)13-10-17-4-6-18(7-5-17)15-23-30-16-19-8-11-20(12-9-19)25(27)28/h4-9,11-12,15,22H,1-3,14,16H2,(H,24,26). The monoisotopic (exact) mass is 407 g/mol. The van der Waals surface area contributed by atoms with Crippen molar-refractivity contribution in [1.82, 2.24) is 5.32 Å². The number of benzene rings is 2. The molecule has 0 bridgehead atoms. The highest BCUT2D eigenvalue weighted by Gasteiger charge is 2.14. The minimum atomic E-state index is -0.450. The number of hydrogen-bond donors (Lipinski definition) is 1. The van der Waals surface area contributed by atoms with Gasteiger partial charge in [0.25, 0.3) is 11.6 Å². The highest BCUT2D eigenvalue weighted by Crippen LogP contribution is 2.12. The summed E-state index contributed by atoms with van der Waals surface area (Å²) in [6.07, 6.45) is 4.18. The van der Waals surface area contributed by atoms with Crippen LogP contribution in [0.25, 0.3) is 0 Å². The molecule has 1 heterocycles. The minimum Gasteiger partial charge on any atom is -0.391 e. The molecule has 1 aliphatic rings. The van der Waals surface area contributed by atoms with Gasteiger partial charge in [-0.1, -0.05) is 23.2 Å². The van der Waals surface area contributed by atoms with E-state index in [1.807, 2.05) is 12.1 Å². The molecule has 1 saturated heterocycles. The van der Waals surface area contributed by atoms with Crippen LogP contribution < -0.4 is 5.32 Å². The van der Waals surface area contributed by atoms with Crippen molar-refractivity contribution in [3.63, 3.8) is 0 Å². The Bertz CT molecular complexity index is 953. The number of non-ortho nitro benzene ring substituents is 1. The highest BCUT2D eigenvalue weighted by molar-refractivity contribution is 5.94. The van der Waals surface area contributed by atoms with Gasteiger partial charge in [0.05, 0.1) is 11.1 Å². The summed E-state index contributed by atoms with van der Waals surface area (Å²) in [6.45, 7) is 0.872. The molecule has 1 amide bonds. The highest BCUT2D eigenvalue weighted by atomic mass is 16.6. The van der Waals surface area contributed by atoms with E-state index in [1.54, 1.807) is 30.5 Å². The third-order valence-corrected chi connectivity index (χ3v) is 4.36. The Morgan fingerprint density at radius 3 is 2.67 bits per heavy atom. The fraction of sp³-hybridized carbons (Fsp3) is 0.273. The summed E-state index contributed by atoms with van der Waals surface area (Å²) in [5, 5.41) is 17.3. The number of nitro benzene ring substituents is 1. The molecule has 30 heavy (non-hydrogen) atoms. The minimum absolute atomic E-state index is 0.0326. The molecular weight excluding hydrogens is 386 g/mol. The van der Waals surface area contributed by atoms with Crippen LogP contribution >= 0.6 is 0 Å². The second-order valence-corrected chi connectivity index (χ2v) is 6.63. The Balaban J connectivity index is 1.44. The van der Waals surface area contributed by atoms with Crippen molar-refractivity contribution in [2.24, 2.45) is 5.16 Å². The van der Waals surface area contributed by atoms with Crippen LogP contribution in [-0.4, -0.2) is 29.9 Å². The van der Waals surface area contributed by atoms with Gasteiger partial charge in [0.1, 0.15) is 12.8 Å². The number of carbonyl (C=O) groups is 1. The molecule has 1 fully saturated rings. The number of carbonyl (C=O) groups excluding carboxylic acids is 1. The number of nitrogens with one attached hydrogen (secondary N) is 1. The Morgan fingerprint density at radius 2 is 2.00 bits per heavy atom. The van der Waals surface area contributed by atoms with Gasteiger partial charge >= 0.3 is 0 Å². The first-order valence-corrected chi connectivity index (χ1v) is 9.53. The topological polar surface area (TPSA) is 103 Å². The molecule has 154 valence electrons. The van der Waals surface area contributed by atoms with E-state index in [-0.39, 0.29) is 24.4 Å². The summed E-state index contributed by atoms with van der Waals surface area (Å²) in [5.41, 5.74) is 2.33. The lowest BCUT2D eigenvalue weighted by Gasteiger charge is -2.22. The molecule has 1 unspecified atom stereocenters. The van der Waals surface area contributed by atoms with Crippen LogP contribution in [0.3, 0.4) is 0 Å². The van der Waals surface area contributed by atoms with Gasteiger partial charge in [-0.2, -0.15) is 0 Å². The maximum atomic E-state index is 11.9. The van der Waals surface area contributed by atoms with Crippen molar-refractivity contribution < 1.29 is 19.3 Å². The average molecular weight is 407 g/mol. The molecule has 0 saturated carbocycles. The lowest BCUT2D eigenvalue weighted by Crippen LogP contribution is -2.38. The lowest BCUT2D eigenvalue weighted by molar-refractivity contribution is -0.384. The van der Waals surface area contributed by atoms with Gasteiger partial charge in [-0.25, -0.2) is 0 Å². The molecule has 0 radical (unpaired) electrons. The second-order valence-electron chi connectivity index (χ2n) is 6.63. The SMILES string of the molecule is O=C(C#Cc1ccc(C=NOCc2ccc([N+](=O)[O-])cc2)cc1)NC1CCCCO1. The first-order chi connectivity index (χ1) is 14.6. The smallest absolute Gasteiger partial charge is 0.298 e. The number of hydrogen-bond acceptors (Lipinski definition) is 6. The summed E-state index contributed by atoms with van der Waals surface area (Å²) in [4.78, 5) is 27.2. The molecule has 3 rings (SSSR count). The van der Waals surface area contributed by atoms with Gasteiger partial charge in [-0.05, 0) is 54.7 Å². The van der Waals surface area contributed by atoms with Crippen molar-refractivity contribution in [3.05, 3.63) is 75.3 Å². The largest absolute Gasteiger partial charge is 0.391 e. The van der Waals surface area contributed by atoms with E-state index in [9.17, 15) is 14.9 Å². The summed E-state index contributed by atoms with van der Waals surface area (Å²) < 4.78 is 5.45. The fourth-order valence-corrected chi connectivity index (χ4v) is 2.74. The predicted molar refractivity (Wildman–Crippen MR) is 111 cm³/mol. The molecular formula is C22H21N3O5. The Hall–Kier alpha value is -3.70. The third-order valence-electron chi connectivity index (χ3n) is 4.36. The van der Waals surface area contributed by atoms with E-state index in [0.29, 0.717) is 12.2 Å². The van der Waals surface area contributed by atoms with E-state index >= 15 is 0 Å². The van der Waals surface area contributed by atoms with E-state index in [0.717, 1.165) is 30.4 Å². The fourth-order valence-electron chi connectivity index (χ4n) is 2.74. The van der Waals surface area contributed by atoms with Crippen LogP contribution in [0.2, 0.25) is 0 Å². The third kappa shape index (κ3) is 6.72. The molecule has 0 aromatic heterocycles. The van der Waals surface area contributed by atoms with Gasteiger partial charge in [-0.3, -0.25) is 14.9 Å². The lowest BCUT2D eigenvalue weighted by atomic mass is 10.1. The van der Waals surface area contributed by atoms with Crippen LogP contribution in [-0.2, 0) is 21.0 Å². The molecule has 1 aliphatic heterocycles. The van der Waals surface area contributed by atoms with Gasteiger partial charge < -0.3 is 14.9 Å². The van der Waals surface area contributed by atoms with Gasteiger partial charge in [0, 0.05) is 30.2 Å². The van der Waals surface area contributed by atoms with Crippen molar-refractivity contribution in [3.8, 4) is 11.8 Å². The molecule has 2 aromatic carbocycles. The number of nitrogens with zero attached hydrogens (tertiary/aromatic N) is 2. The van der Waals surface area contributed by atoms with E-state index < -0.39 is 4.92 Å². The number of nitro groups is 1. The maximum Gasteiger partial charge on any atom is 0.298 e. The molecule has 2 aromatic rings. The van der Waals surface area contributed by atoms with Crippen molar-refractivity contribution in [2.45, 2.75) is 32.1 Å². The van der Waals surface area contributed by atoms with Crippen LogP contribution in [0.4, 0.5) is 5.69 Å². The summed E-state index contributed by atoms with van der Waals surface area (Å²) >= 11 is 0. The molecule has 0 spiro atoms. The zero-order valence-corrected chi connectivity index (χ0v) is 16.2. The van der Waals surface area contributed by atoms with Gasteiger partial charge in [0.15, 0.2) is 0 Å². The number of oxime groups is 1. The van der Waals surface area contributed by atoms with Gasteiger partial charge in [0.2, 0.25) is 0 Å². The summed E-state index contributed by atoms with van der Waals surface area (Å²) in [7, 11) is 0. The molecule has 1 atom stereocenters. The molecule has 8 nitrogen and oxygen atoms in total. The molecule has 0 aliphatic carbocycles. The quantitative estimate of drug-likeness (QED) is 0.343. The van der Waals surface area contributed by atoms with Crippen LogP contribution in [0.5, 0.6) is 0 Å². The van der Waals surface area contributed by atoms with E-state index in [4.69, 9.17) is 9.57 Å². The Kier molecular flexibility index (Phi) is 7.52. The summed E-state index contributed by atoms with van der Waals surface area (Å²) in [6, 6.07) is 13.3. The van der Waals surface area contributed by atoms with Crippen LogP contribution in [0, 0.1) is 22.0 Å². The van der Waals surface area contributed by atoms with Crippen LogP contribution in [0.1, 0.15) is 36.0 Å².